The smallest absolute Gasteiger partial charge is 0.374 e. The molecule has 5 heteroatoms. The molecule has 92 valence electrons. The highest BCUT2D eigenvalue weighted by molar-refractivity contribution is 7.99. The summed E-state index contributed by atoms with van der Waals surface area (Å²) in [4.78, 5) is 12.0. The van der Waals surface area contributed by atoms with Crippen LogP contribution in [0.2, 0.25) is 0 Å². The fourth-order valence-corrected chi connectivity index (χ4v) is 3.27. The number of fused-ring (bicyclic) bond motifs is 1. The van der Waals surface area contributed by atoms with Gasteiger partial charge in [-0.3, -0.25) is 0 Å². The highest BCUT2D eigenvalue weighted by Gasteiger charge is 2.18. The molecule has 0 fully saturated rings. The van der Waals surface area contributed by atoms with Crippen molar-refractivity contribution in [2.24, 2.45) is 0 Å². The third-order valence-corrected chi connectivity index (χ3v) is 4.19. The summed E-state index contributed by atoms with van der Waals surface area (Å²) in [6, 6.07) is 7.53. The summed E-state index contributed by atoms with van der Waals surface area (Å²) >= 11 is 1.80. The van der Waals surface area contributed by atoms with Gasteiger partial charge >= 0.3 is 5.97 Å². The maximum atomic E-state index is 10.8. The number of benzene rings is 1. The molecule has 2 aromatic rings. The van der Waals surface area contributed by atoms with Gasteiger partial charge in [0.2, 0.25) is 5.76 Å². The molecule has 1 N–H and O–H groups in total. The standard InChI is InChI=1S/C13H11NO3S/c15-13(16)11-7-10(14-17-11)9-5-1-3-8-4-2-6-18-12(8)9/h1,3,5,7H,2,4,6H2,(H,15,16). The first-order valence-electron chi connectivity index (χ1n) is 5.71. The molecule has 0 aliphatic carbocycles. The number of nitrogens with zero attached hydrogens (tertiary/aromatic N) is 1. The summed E-state index contributed by atoms with van der Waals surface area (Å²) in [5.74, 6) is -0.122. The fraction of sp³-hybridized carbons (Fsp3) is 0.231. The lowest BCUT2D eigenvalue weighted by Gasteiger charge is -2.17. The topological polar surface area (TPSA) is 63.3 Å². The van der Waals surface area contributed by atoms with Gasteiger partial charge in [-0.1, -0.05) is 23.4 Å². The van der Waals surface area contributed by atoms with Crippen LogP contribution < -0.4 is 0 Å². The molecular formula is C13H11NO3S. The van der Waals surface area contributed by atoms with E-state index in [0.29, 0.717) is 5.69 Å². The molecule has 0 saturated carbocycles. The second-order valence-electron chi connectivity index (χ2n) is 4.13. The van der Waals surface area contributed by atoms with Gasteiger partial charge < -0.3 is 9.63 Å². The molecule has 4 nitrogen and oxygen atoms in total. The van der Waals surface area contributed by atoms with E-state index in [0.717, 1.165) is 17.7 Å². The normalized spacial score (nSPS) is 14.2. The summed E-state index contributed by atoms with van der Waals surface area (Å²) in [5, 5.41) is 12.7. The highest BCUT2D eigenvalue weighted by Crippen LogP contribution is 2.37. The molecule has 18 heavy (non-hydrogen) atoms. The first kappa shape index (κ1) is 11.3. The van der Waals surface area contributed by atoms with E-state index in [1.807, 2.05) is 12.1 Å². The zero-order valence-electron chi connectivity index (χ0n) is 9.55. The van der Waals surface area contributed by atoms with Crippen LogP contribution in [0.5, 0.6) is 0 Å². The lowest BCUT2D eigenvalue weighted by molar-refractivity contribution is 0.0652. The number of carboxylic acid groups (broad SMARTS) is 1. The van der Waals surface area contributed by atoms with E-state index >= 15 is 0 Å². The Morgan fingerprint density at radius 1 is 1.44 bits per heavy atom. The van der Waals surface area contributed by atoms with Crippen molar-refractivity contribution in [3.63, 3.8) is 0 Å². The van der Waals surface area contributed by atoms with Gasteiger partial charge in [0.25, 0.3) is 0 Å². The van der Waals surface area contributed by atoms with Crippen LogP contribution >= 0.6 is 11.8 Å². The van der Waals surface area contributed by atoms with Gasteiger partial charge in [-0.15, -0.1) is 11.8 Å². The predicted molar refractivity (Wildman–Crippen MR) is 67.9 cm³/mol. The molecule has 2 heterocycles. The van der Waals surface area contributed by atoms with Gasteiger partial charge in [0, 0.05) is 16.5 Å². The van der Waals surface area contributed by atoms with Gasteiger partial charge in [0.05, 0.1) is 0 Å². The number of aromatic nitrogens is 1. The molecule has 0 spiro atoms. The summed E-state index contributed by atoms with van der Waals surface area (Å²) in [6.07, 6.45) is 2.25. The van der Waals surface area contributed by atoms with E-state index in [9.17, 15) is 4.79 Å². The second kappa shape index (κ2) is 4.49. The molecule has 0 atom stereocenters. The number of aryl methyl sites for hydroxylation is 1. The molecule has 0 unspecified atom stereocenters. The maximum Gasteiger partial charge on any atom is 0.374 e. The summed E-state index contributed by atoms with van der Waals surface area (Å²) in [6.45, 7) is 0. The summed E-state index contributed by atoms with van der Waals surface area (Å²) < 4.78 is 4.81. The Kier molecular flexibility index (Phi) is 2.83. The highest BCUT2D eigenvalue weighted by atomic mass is 32.2. The van der Waals surface area contributed by atoms with E-state index in [1.54, 1.807) is 11.8 Å². The van der Waals surface area contributed by atoms with Gasteiger partial charge in [-0.25, -0.2) is 4.79 Å². The Morgan fingerprint density at radius 3 is 3.11 bits per heavy atom. The van der Waals surface area contributed by atoms with Crippen LogP contribution in [0.4, 0.5) is 0 Å². The van der Waals surface area contributed by atoms with E-state index in [2.05, 4.69) is 11.2 Å². The lowest BCUT2D eigenvalue weighted by Crippen LogP contribution is -1.99. The van der Waals surface area contributed by atoms with Crippen LogP contribution in [0, 0.1) is 0 Å². The monoisotopic (exact) mass is 261 g/mol. The van der Waals surface area contributed by atoms with Crippen molar-refractivity contribution in [2.75, 3.05) is 5.75 Å². The van der Waals surface area contributed by atoms with E-state index < -0.39 is 5.97 Å². The molecular weight excluding hydrogens is 250 g/mol. The van der Waals surface area contributed by atoms with Crippen molar-refractivity contribution < 1.29 is 14.4 Å². The molecule has 1 aromatic heterocycles. The predicted octanol–water partition coefficient (Wildman–Crippen LogP) is 3.08. The number of hydrogen-bond donors (Lipinski definition) is 1. The van der Waals surface area contributed by atoms with E-state index in [-0.39, 0.29) is 5.76 Å². The van der Waals surface area contributed by atoms with Crippen molar-refractivity contribution in [1.29, 1.82) is 0 Å². The van der Waals surface area contributed by atoms with E-state index in [1.165, 1.54) is 22.9 Å². The summed E-state index contributed by atoms with van der Waals surface area (Å²) in [7, 11) is 0. The van der Waals surface area contributed by atoms with Gasteiger partial charge in [-0.2, -0.15) is 0 Å². The van der Waals surface area contributed by atoms with Crippen molar-refractivity contribution >= 4 is 17.7 Å². The first-order valence-corrected chi connectivity index (χ1v) is 6.69. The second-order valence-corrected chi connectivity index (χ2v) is 5.23. The summed E-state index contributed by atoms with van der Waals surface area (Å²) in [5.41, 5.74) is 2.87. The molecule has 0 amide bonds. The number of aromatic carboxylic acids is 1. The number of carbonyl (C=O) groups is 1. The minimum Gasteiger partial charge on any atom is -0.475 e. The lowest BCUT2D eigenvalue weighted by atomic mass is 10.0. The molecule has 0 radical (unpaired) electrons. The SMILES string of the molecule is O=C(O)c1cc(-c2cccc3c2SCCC3)no1. The minimum atomic E-state index is -1.09. The third kappa shape index (κ3) is 1.90. The van der Waals surface area contributed by atoms with Crippen LogP contribution in [-0.4, -0.2) is 22.0 Å². The largest absolute Gasteiger partial charge is 0.475 e. The zero-order chi connectivity index (χ0) is 12.5. The Morgan fingerprint density at radius 2 is 2.33 bits per heavy atom. The average Bonchev–Trinajstić information content (AvgIpc) is 2.87. The molecule has 1 aliphatic rings. The molecule has 1 aromatic carbocycles. The fourth-order valence-electron chi connectivity index (χ4n) is 2.09. The van der Waals surface area contributed by atoms with Crippen molar-refractivity contribution in [3.05, 3.63) is 35.6 Å². The number of rotatable bonds is 2. The molecule has 1 aliphatic heterocycles. The van der Waals surface area contributed by atoms with Crippen molar-refractivity contribution in [1.82, 2.24) is 5.16 Å². The van der Waals surface area contributed by atoms with Gasteiger partial charge in [-0.05, 0) is 24.2 Å². The average molecular weight is 261 g/mol. The zero-order valence-corrected chi connectivity index (χ0v) is 10.4. The van der Waals surface area contributed by atoms with Crippen LogP contribution in [0.15, 0.2) is 33.7 Å². The van der Waals surface area contributed by atoms with Crippen LogP contribution in [-0.2, 0) is 6.42 Å². The molecule has 0 bridgehead atoms. The Balaban J connectivity index is 2.08. The first-order chi connectivity index (χ1) is 8.75. The van der Waals surface area contributed by atoms with Crippen molar-refractivity contribution in [3.8, 4) is 11.3 Å². The van der Waals surface area contributed by atoms with Gasteiger partial charge in [0.15, 0.2) is 0 Å². The number of carboxylic acids is 1. The van der Waals surface area contributed by atoms with Crippen molar-refractivity contribution in [2.45, 2.75) is 17.7 Å². The van der Waals surface area contributed by atoms with Gasteiger partial charge in [0.1, 0.15) is 5.69 Å². The number of hydrogen-bond acceptors (Lipinski definition) is 4. The molecule has 3 rings (SSSR count). The number of thioether (sulfide) groups is 1. The maximum absolute atomic E-state index is 10.8. The van der Waals surface area contributed by atoms with E-state index in [4.69, 9.17) is 9.63 Å². The quantitative estimate of drug-likeness (QED) is 0.900. The minimum absolute atomic E-state index is 0.122. The Hall–Kier alpha value is -1.75. The Bertz CT molecular complexity index is 606. The van der Waals surface area contributed by atoms with Crippen LogP contribution in [0.25, 0.3) is 11.3 Å². The molecule has 0 saturated heterocycles. The van der Waals surface area contributed by atoms with Crippen LogP contribution in [0.1, 0.15) is 22.5 Å². The Labute approximate surface area is 108 Å². The van der Waals surface area contributed by atoms with Crippen LogP contribution in [0.3, 0.4) is 0 Å². The third-order valence-electron chi connectivity index (χ3n) is 2.93.